The lowest BCUT2D eigenvalue weighted by Gasteiger charge is -2.49. The Kier molecular flexibility index (Phi) is 5.53. The average molecular weight is 310 g/mol. The molecule has 0 unspecified atom stereocenters. The van der Waals surface area contributed by atoms with E-state index in [1.54, 1.807) is 0 Å². The molecule has 0 amide bonds. The van der Waals surface area contributed by atoms with Crippen molar-refractivity contribution in [3.05, 3.63) is 28.8 Å². The van der Waals surface area contributed by atoms with Gasteiger partial charge in [-0.2, -0.15) is 0 Å². The first-order chi connectivity index (χ1) is 9.98. The first kappa shape index (κ1) is 16.6. The van der Waals surface area contributed by atoms with Crippen LogP contribution in [-0.2, 0) is 6.54 Å². The largest absolute Gasteiger partial charge is 0.372 e. The molecule has 4 heteroatoms. The van der Waals surface area contributed by atoms with Gasteiger partial charge in [-0.3, -0.25) is 0 Å². The van der Waals surface area contributed by atoms with Crippen molar-refractivity contribution in [1.29, 1.82) is 0 Å². The van der Waals surface area contributed by atoms with Crippen LogP contribution in [0.15, 0.2) is 18.2 Å². The summed E-state index contributed by atoms with van der Waals surface area (Å²) >= 11 is 6.49. The molecule has 118 valence electrons. The molecule has 1 aromatic rings. The molecule has 1 aliphatic rings. The first-order valence-electron chi connectivity index (χ1n) is 7.86. The van der Waals surface area contributed by atoms with Crippen molar-refractivity contribution in [2.24, 2.45) is 0 Å². The van der Waals surface area contributed by atoms with Gasteiger partial charge in [0.15, 0.2) is 0 Å². The van der Waals surface area contributed by atoms with Crippen molar-refractivity contribution in [3.63, 3.8) is 0 Å². The summed E-state index contributed by atoms with van der Waals surface area (Å²) in [6, 6.07) is 6.40. The van der Waals surface area contributed by atoms with Gasteiger partial charge >= 0.3 is 0 Å². The Hall–Kier alpha value is -0.770. The van der Waals surface area contributed by atoms with Gasteiger partial charge in [-0.1, -0.05) is 24.6 Å². The molecule has 1 aliphatic carbocycles. The lowest BCUT2D eigenvalue weighted by Crippen LogP contribution is -2.56. The third-order valence-electron chi connectivity index (χ3n) is 4.77. The summed E-state index contributed by atoms with van der Waals surface area (Å²) in [7, 11) is 6.52. The smallest absolute Gasteiger partial charge is 0.0642 e. The summed E-state index contributed by atoms with van der Waals surface area (Å²) < 4.78 is 0. The Balaban J connectivity index is 2.07. The molecule has 0 heterocycles. The average Bonchev–Trinajstić information content (AvgIpc) is 2.39. The predicted octanol–water partition coefficient (Wildman–Crippen LogP) is 3.37. The lowest BCUT2D eigenvalue weighted by atomic mass is 9.75. The summed E-state index contributed by atoms with van der Waals surface area (Å²) in [5.74, 6) is 0. The number of likely N-dealkylation sites (N-methyl/N-ethyl adjacent to an activating group) is 2. The first-order valence-corrected chi connectivity index (χ1v) is 8.24. The van der Waals surface area contributed by atoms with Gasteiger partial charge < -0.3 is 15.1 Å². The number of halogens is 1. The van der Waals surface area contributed by atoms with Gasteiger partial charge in [0.05, 0.1) is 10.7 Å². The third kappa shape index (κ3) is 3.71. The van der Waals surface area contributed by atoms with E-state index in [1.165, 1.54) is 24.8 Å². The number of nitrogens with one attached hydrogen (secondary N) is 1. The van der Waals surface area contributed by atoms with Crippen LogP contribution >= 0.6 is 11.6 Å². The van der Waals surface area contributed by atoms with Gasteiger partial charge in [-0.15, -0.1) is 0 Å². The molecule has 0 radical (unpaired) electrons. The zero-order chi connectivity index (χ0) is 15.5. The van der Waals surface area contributed by atoms with E-state index in [1.807, 2.05) is 0 Å². The fourth-order valence-corrected chi connectivity index (χ4v) is 3.44. The molecule has 1 N–H and O–H groups in total. The Labute approximate surface area is 134 Å². The van der Waals surface area contributed by atoms with E-state index < -0.39 is 0 Å². The van der Waals surface area contributed by atoms with Crippen molar-refractivity contribution in [3.8, 4) is 0 Å². The topological polar surface area (TPSA) is 18.5 Å². The number of benzene rings is 1. The zero-order valence-electron chi connectivity index (χ0n) is 13.7. The fraction of sp³-hybridized carbons (Fsp3) is 0.647. The summed E-state index contributed by atoms with van der Waals surface area (Å²) in [5, 5.41) is 4.18. The van der Waals surface area contributed by atoms with E-state index in [-0.39, 0.29) is 0 Å². The monoisotopic (exact) mass is 309 g/mol. The molecule has 3 nitrogen and oxygen atoms in total. The number of nitrogens with zero attached hydrogens (tertiary/aromatic N) is 2. The number of rotatable bonds is 7. The Bertz CT molecular complexity index is 469. The summed E-state index contributed by atoms with van der Waals surface area (Å²) in [5.41, 5.74) is 2.69. The summed E-state index contributed by atoms with van der Waals surface area (Å²) in [6.07, 6.45) is 3.89. The van der Waals surface area contributed by atoms with Crippen LogP contribution in [0, 0.1) is 0 Å². The zero-order valence-corrected chi connectivity index (χ0v) is 14.5. The van der Waals surface area contributed by atoms with Crippen LogP contribution in [-0.4, -0.2) is 44.7 Å². The second kappa shape index (κ2) is 6.99. The Morgan fingerprint density at radius 3 is 2.43 bits per heavy atom. The lowest BCUT2D eigenvalue weighted by molar-refractivity contribution is 0.0683. The maximum absolute atomic E-state index is 6.49. The molecular weight excluding hydrogens is 282 g/mol. The highest BCUT2D eigenvalue weighted by Crippen LogP contribution is 2.38. The summed E-state index contributed by atoms with van der Waals surface area (Å²) in [4.78, 5) is 4.68. The van der Waals surface area contributed by atoms with E-state index in [0.717, 1.165) is 30.3 Å². The minimum absolute atomic E-state index is 0.320. The second-order valence-electron chi connectivity index (χ2n) is 6.39. The standard InChI is InChI=1S/C17H28ClN3/c1-5-19-12-14-7-8-16(15(18)11-14)21(4)13-17(20(2)3)9-6-10-17/h7-8,11,19H,5-6,9-10,12-13H2,1-4H3. The molecule has 0 aromatic heterocycles. The quantitative estimate of drug-likeness (QED) is 0.833. The van der Waals surface area contributed by atoms with Crippen LogP contribution in [0.25, 0.3) is 0 Å². The van der Waals surface area contributed by atoms with Crippen LogP contribution < -0.4 is 10.2 Å². The van der Waals surface area contributed by atoms with Gasteiger partial charge in [0.2, 0.25) is 0 Å². The van der Waals surface area contributed by atoms with Crippen molar-refractivity contribution < 1.29 is 0 Å². The Morgan fingerprint density at radius 2 is 1.95 bits per heavy atom. The highest BCUT2D eigenvalue weighted by atomic mass is 35.5. The SMILES string of the molecule is CCNCc1ccc(N(C)CC2(N(C)C)CCC2)c(Cl)c1. The van der Waals surface area contributed by atoms with Crippen LogP contribution in [0.3, 0.4) is 0 Å². The van der Waals surface area contributed by atoms with Crippen molar-refractivity contribution in [2.75, 3.05) is 39.1 Å². The van der Waals surface area contributed by atoms with E-state index in [0.29, 0.717) is 5.54 Å². The van der Waals surface area contributed by atoms with Gasteiger partial charge in [0.1, 0.15) is 0 Å². The van der Waals surface area contributed by atoms with Crippen LogP contribution in [0.1, 0.15) is 31.7 Å². The molecule has 0 saturated heterocycles. The molecule has 21 heavy (non-hydrogen) atoms. The molecule has 1 saturated carbocycles. The van der Waals surface area contributed by atoms with Gasteiger partial charge in [-0.05, 0) is 57.6 Å². The minimum atomic E-state index is 0.320. The number of hydrogen-bond acceptors (Lipinski definition) is 3. The van der Waals surface area contributed by atoms with Crippen LogP contribution in [0.2, 0.25) is 5.02 Å². The molecule has 1 fully saturated rings. The van der Waals surface area contributed by atoms with Gasteiger partial charge in [-0.25, -0.2) is 0 Å². The highest BCUT2D eigenvalue weighted by Gasteiger charge is 2.40. The highest BCUT2D eigenvalue weighted by molar-refractivity contribution is 6.33. The Morgan fingerprint density at radius 1 is 1.24 bits per heavy atom. The van der Waals surface area contributed by atoms with Crippen LogP contribution in [0.5, 0.6) is 0 Å². The fourth-order valence-electron chi connectivity index (χ4n) is 3.10. The van der Waals surface area contributed by atoms with Gasteiger partial charge in [0.25, 0.3) is 0 Å². The predicted molar refractivity (Wildman–Crippen MR) is 92.4 cm³/mol. The molecule has 1 aromatic carbocycles. The second-order valence-corrected chi connectivity index (χ2v) is 6.80. The third-order valence-corrected chi connectivity index (χ3v) is 5.07. The normalized spacial score (nSPS) is 16.9. The van der Waals surface area contributed by atoms with E-state index in [4.69, 9.17) is 11.6 Å². The maximum atomic E-state index is 6.49. The maximum Gasteiger partial charge on any atom is 0.0642 e. The molecule has 2 rings (SSSR count). The molecule has 0 atom stereocenters. The van der Waals surface area contributed by atoms with Crippen LogP contribution in [0.4, 0.5) is 5.69 Å². The molecular formula is C17H28ClN3. The summed E-state index contributed by atoms with van der Waals surface area (Å²) in [6.45, 7) is 5.00. The van der Waals surface area contributed by atoms with Crippen molar-refractivity contribution >= 4 is 17.3 Å². The van der Waals surface area contributed by atoms with Crippen molar-refractivity contribution in [2.45, 2.75) is 38.3 Å². The van der Waals surface area contributed by atoms with Crippen molar-refractivity contribution in [1.82, 2.24) is 10.2 Å². The van der Waals surface area contributed by atoms with Gasteiger partial charge in [0, 0.05) is 25.7 Å². The number of anilines is 1. The molecule has 0 spiro atoms. The van der Waals surface area contributed by atoms with E-state index in [9.17, 15) is 0 Å². The number of hydrogen-bond donors (Lipinski definition) is 1. The van der Waals surface area contributed by atoms with E-state index in [2.05, 4.69) is 61.4 Å². The minimum Gasteiger partial charge on any atom is -0.372 e. The molecule has 0 aliphatic heterocycles. The molecule has 0 bridgehead atoms. The van der Waals surface area contributed by atoms with E-state index >= 15 is 0 Å².